The van der Waals surface area contributed by atoms with Gasteiger partial charge in [-0.2, -0.15) is 0 Å². The van der Waals surface area contributed by atoms with Crippen LogP contribution in [-0.4, -0.2) is 59.9 Å². The minimum absolute atomic E-state index is 0.0538. The van der Waals surface area contributed by atoms with Gasteiger partial charge in [0.1, 0.15) is 0 Å². The van der Waals surface area contributed by atoms with Crippen molar-refractivity contribution in [2.75, 3.05) is 28.2 Å². The zero-order valence-corrected chi connectivity index (χ0v) is 18.7. The second-order valence-corrected chi connectivity index (χ2v) is 13.8. The molecule has 1 unspecified atom stereocenters. The van der Waals surface area contributed by atoms with Crippen molar-refractivity contribution in [1.82, 2.24) is 15.6 Å². The summed E-state index contributed by atoms with van der Waals surface area (Å²) >= 11 is -0.157. The van der Waals surface area contributed by atoms with E-state index >= 15 is 0 Å². The number of hydrogen-bond acceptors (Lipinski definition) is 5. The number of ketones is 1. The number of amidine groups is 1. The molecule has 9 heteroatoms. The fourth-order valence-corrected chi connectivity index (χ4v) is 9.01. The second kappa shape index (κ2) is 10.5. The van der Waals surface area contributed by atoms with E-state index in [2.05, 4.69) is 15.8 Å². The number of thioether (sulfide) groups is 1. The van der Waals surface area contributed by atoms with E-state index in [0.29, 0.717) is 11.6 Å². The van der Waals surface area contributed by atoms with E-state index in [1.165, 1.54) is 18.2 Å². The molecule has 0 bridgehead atoms. The summed E-state index contributed by atoms with van der Waals surface area (Å²) in [6.45, 7) is 4.83. The molecule has 0 aromatic carbocycles. The van der Waals surface area contributed by atoms with Crippen LogP contribution in [0.3, 0.4) is 0 Å². The van der Waals surface area contributed by atoms with Crippen molar-refractivity contribution < 1.29 is 14.4 Å². The van der Waals surface area contributed by atoms with Crippen molar-refractivity contribution in [3.63, 3.8) is 0 Å². The molecule has 2 fully saturated rings. The summed E-state index contributed by atoms with van der Waals surface area (Å²) in [5, 5.41) is 7.63. The van der Waals surface area contributed by atoms with Gasteiger partial charge >= 0.3 is 167 Å². The van der Waals surface area contributed by atoms with Gasteiger partial charge in [-0.05, 0) is 0 Å². The molecule has 0 aliphatic carbocycles. The minimum atomic E-state index is -1.70. The van der Waals surface area contributed by atoms with Gasteiger partial charge in [-0.15, -0.1) is 0 Å². The molecule has 2 aliphatic heterocycles. The topological polar surface area (TPSA) is 90.9 Å². The average Bonchev–Trinajstić information content (AvgIpc) is 3.03. The number of nitrogens with one attached hydrogen (secondary N) is 2. The van der Waals surface area contributed by atoms with Gasteiger partial charge in [0.25, 0.3) is 0 Å². The fourth-order valence-electron chi connectivity index (χ4n) is 2.78. The summed E-state index contributed by atoms with van der Waals surface area (Å²) in [6, 6.07) is -0.754. The van der Waals surface area contributed by atoms with Crippen LogP contribution in [0.15, 0.2) is 5.10 Å². The number of carbonyl (C=O) groups excluding carboxylic acids is 3. The number of amides is 2. The first kappa shape index (κ1) is 21.5. The molecule has 0 spiro atoms. The average molecular weight is 496 g/mol. The Bertz CT molecular complexity index is 564. The summed E-state index contributed by atoms with van der Waals surface area (Å²) in [7, 11) is 1.89. The predicted molar refractivity (Wildman–Crippen MR) is 115 cm³/mol. The Labute approximate surface area is 166 Å². The Morgan fingerprint density at radius 1 is 1.23 bits per heavy atom. The summed E-state index contributed by atoms with van der Waals surface area (Å²) in [4.78, 5) is 39.3. The maximum absolute atomic E-state index is 12.6. The molecule has 0 aromatic rings. The Balaban J connectivity index is 1.96. The molecule has 2 amide bonds. The van der Waals surface area contributed by atoms with Gasteiger partial charge in [-0.1, -0.05) is 0 Å². The van der Waals surface area contributed by atoms with Crippen molar-refractivity contribution in [3.05, 3.63) is 0 Å². The van der Waals surface area contributed by atoms with Crippen LogP contribution in [0.5, 0.6) is 0 Å². The molecule has 2 aliphatic rings. The molecule has 0 radical (unpaired) electrons. The number of hydrazone groups is 1. The van der Waals surface area contributed by atoms with Crippen LogP contribution in [0, 0.1) is 5.92 Å². The first-order valence-corrected chi connectivity index (χ1v) is 14.2. The number of nitrogens with zero attached hydrogens (tertiary/aromatic N) is 2. The van der Waals surface area contributed by atoms with Crippen molar-refractivity contribution >= 4 is 52.4 Å². The SMILES string of the molecule is CC(C)CC(NC(=O)I1CCCCC1)C(=O)C(=O)N/N=C1\SCCN1C. The molecule has 2 N–H and O–H groups in total. The van der Waals surface area contributed by atoms with Gasteiger partial charge in [0.15, 0.2) is 0 Å². The third-order valence-corrected chi connectivity index (χ3v) is 11.1. The zero-order valence-electron chi connectivity index (χ0n) is 15.7. The van der Waals surface area contributed by atoms with Crippen molar-refractivity contribution in [1.29, 1.82) is 0 Å². The van der Waals surface area contributed by atoms with Crippen molar-refractivity contribution in [2.45, 2.75) is 45.6 Å². The number of carbonyl (C=O) groups is 3. The number of Topliss-reactive ketones (excluding diaryl/α,β-unsaturated/α-hetero) is 1. The van der Waals surface area contributed by atoms with Crippen molar-refractivity contribution in [3.8, 4) is 0 Å². The van der Waals surface area contributed by atoms with Gasteiger partial charge < -0.3 is 0 Å². The van der Waals surface area contributed by atoms with Crippen LogP contribution in [0.1, 0.15) is 39.5 Å². The van der Waals surface area contributed by atoms with Crippen LogP contribution in [0.25, 0.3) is 0 Å². The number of hydrogen-bond donors (Lipinski definition) is 2. The Kier molecular flexibility index (Phi) is 8.65. The van der Waals surface area contributed by atoms with Gasteiger partial charge in [0, 0.05) is 0 Å². The van der Waals surface area contributed by atoms with E-state index in [1.54, 1.807) is 0 Å². The number of halogens is 1. The molecule has 2 saturated heterocycles. The molecule has 0 aromatic heterocycles. The van der Waals surface area contributed by atoms with Crippen molar-refractivity contribution in [2.24, 2.45) is 11.0 Å². The van der Waals surface area contributed by atoms with E-state index in [0.717, 1.165) is 34.0 Å². The quantitative estimate of drug-likeness (QED) is 0.141. The van der Waals surface area contributed by atoms with Gasteiger partial charge in [-0.25, -0.2) is 0 Å². The van der Waals surface area contributed by atoms with Crippen LogP contribution in [-0.2, 0) is 9.59 Å². The van der Waals surface area contributed by atoms with E-state index in [4.69, 9.17) is 0 Å². The Morgan fingerprint density at radius 3 is 2.50 bits per heavy atom. The third kappa shape index (κ3) is 6.40. The van der Waals surface area contributed by atoms with Crippen LogP contribution in [0.4, 0.5) is 4.79 Å². The first-order valence-electron chi connectivity index (χ1n) is 9.06. The summed E-state index contributed by atoms with van der Waals surface area (Å²) in [5.74, 6) is -0.237. The van der Waals surface area contributed by atoms with Crippen LogP contribution in [0.2, 0.25) is 0 Å². The monoisotopic (exact) mass is 496 g/mol. The van der Waals surface area contributed by atoms with Gasteiger partial charge in [-0.3, -0.25) is 0 Å². The summed E-state index contributed by atoms with van der Waals surface area (Å²) in [5.41, 5.74) is 2.36. The van der Waals surface area contributed by atoms with Gasteiger partial charge in [0.05, 0.1) is 0 Å². The van der Waals surface area contributed by atoms with E-state index in [-0.39, 0.29) is 9.83 Å². The summed E-state index contributed by atoms with van der Waals surface area (Å²) in [6.07, 6.45) is 3.90. The standard InChI is InChI=1S/C17H29IN4O3S/c1-12(2)11-13(19-16(25)18-7-5-4-6-8-18)14(23)15(24)20-21-17-22(3)9-10-26-17/h12-13H,4-11H2,1-3H3,(H,19,25)(H,20,24)/b21-17-. The zero-order chi connectivity index (χ0) is 19.1. The molecule has 26 heavy (non-hydrogen) atoms. The number of rotatable bonds is 7. The maximum atomic E-state index is 12.6. The fraction of sp³-hybridized carbons (Fsp3) is 0.765. The predicted octanol–water partition coefficient (Wildman–Crippen LogP) is 2.44. The Morgan fingerprint density at radius 2 is 1.92 bits per heavy atom. The molecule has 7 nitrogen and oxygen atoms in total. The Hall–Kier alpha value is -0.840. The molecule has 2 heterocycles. The second-order valence-electron chi connectivity index (χ2n) is 6.96. The molecule has 148 valence electrons. The van der Waals surface area contributed by atoms with Gasteiger partial charge in [0.2, 0.25) is 0 Å². The summed E-state index contributed by atoms with van der Waals surface area (Å²) < 4.78 is 2.09. The number of alkyl halides is 2. The van der Waals surface area contributed by atoms with E-state index < -0.39 is 37.6 Å². The molecule has 0 saturated carbocycles. The van der Waals surface area contributed by atoms with Crippen LogP contribution < -0.4 is 10.7 Å². The normalized spacial score (nSPS) is 21.8. The molecule has 2 rings (SSSR count). The van der Waals surface area contributed by atoms with E-state index in [1.807, 2.05) is 25.8 Å². The van der Waals surface area contributed by atoms with Crippen LogP contribution >= 0.6 is 31.6 Å². The molecule has 1 atom stereocenters. The van der Waals surface area contributed by atoms with E-state index in [9.17, 15) is 14.4 Å². The first-order chi connectivity index (χ1) is 12.4. The molecular weight excluding hydrogens is 467 g/mol. The molecular formula is C17H29IN4O3S. The third-order valence-electron chi connectivity index (χ3n) is 4.24.